The molecule has 4 rings (SSSR count). The molecule has 3 heteroatoms. The highest BCUT2D eigenvalue weighted by molar-refractivity contribution is 5.40. The minimum absolute atomic E-state index is 0.142. The highest BCUT2D eigenvalue weighted by Gasteiger charge is 2.63. The van der Waals surface area contributed by atoms with Crippen molar-refractivity contribution in [3.63, 3.8) is 0 Å². The van der Waals surface area contributed by atoms with Gasteiger partial charge in [-0.2, -0.15) is 0 Å². The largest absolute Gasteiger partial charge is 0.494 e. The van der Waals surface area contributed by atoms with E-state index in [9.17, 15) is 0 Å². The van der Waals surface area contributed by atoms with E-state index in [1.165, 1.54) is 37.7 Å². The van der Waals surface area contributed by atoms with Gasteiger partial charge in [-0.15, -0.1) is 0 Å². The molecule has 3 aliphatic rings. The molecule has 0 bridgehead atoms. The van der Waals surface area contributed by atoms with Gasteiger partial charge < -0.3 is 14.2 Å². The molecule has 0 heterocycles. The number of benzene rings is 1. The second-order valence-corrected chi connectivity index (χ2v) is 8.82. The maximum atomic E-state index is 6.36. The van der Waals surface area contributed by atoms with Crippen LogP contribution in [0.25, 0.3) is 0 Å². The summed E-state index contributed by atoms with van der Waals surface area (Å²) < 4.78 is 18.5. The number of fused-ring (bicyclic) bond motifs is 5. The molecular formula is C24H36O3. The molecule has 0 saturated heterocycles. The van der Waals surface area contributed by atoms with Crippen molar-refractivity contribution in [3.8, 4) is 5.75 Å². The van der Waals surface area contributed by atoms with Gasteiger partial charge in [-0.05, 0) is 93.9 Å². The third-order valence-corrected chi connectivity index (χ3v) is 7.81. The van der Waals surface area contributed by atoms with Crippen LogP contribution in [0.1, 0.15) is 76.8 Å². The molecule has 150 valence electrons. The fourth-order valence-corrected chi connectivity index (χ4v) is 6.75. The van der Waals surface area contributed by atoms with Gasteiger partial charge in [0.15, 0.2) is 5.79 Å². The van der Waals surface area contributed by atoms with E-state index in [1.54, 1.807) is 5.56 Å². The summed E-state index contributed by atoms with van der Waals surface area (Å²) in [6, 6.07) is 6.83. The van der Waals surface area contributed by atoms with Crippen molar-refractivity contribution in [2.24, 2.45) is 17.3 Å². The van der Waals surface area contributed by atoms with Gasteiger partial charge >= 0.3 is 0 Å². The Morgan fingerprint density at radius 3 is 2.44 bits per heavy atom. The molecule has 4 atom stereocenters. The van der Waals surface area contributed by atoms with Crippen molar-refractivity contribution in [2.75, 3.05) is 19.8 Å². The Hall–Kier alpha value is -1.06. The summed E-state index contributed by atoms with van der Waals surface area (Å²) in [7, 11) is 0. The zero-order valence-corrected chi connectivity index (χ0v) is 17.6. The van der Waals surface area contributed by atoms with Crippen LogP contribution in [0.4, 0.5) is 0 Å². The molecule has 0 aliphatic heterocycles. The van der Waals surface area contributed by atoms with Crippen molar-refractivity contribution >= 4 is 0 Å². The molecule has 0 radical (unpaired) electrons. The van der Waals surface area contributed by atoms with Gasteiger partial charge in [0.1, 0.15) is 5.75 Å². The Labute approximate surface area is 164 Å². The predicted molar refractivity (Wildman–Crippen MR) is 108 cm³/mol. The van der Waals surface area contributed by atoms with Crippen LogP contribution in [0.15, 0.2) is 18.2 Å². The van der Waals surface area contributed by atoms with E-state index in [0.717, 1.165) is 37.9 Å². The zero-order valence-electron chi connectivity index (χ0n) is 17.6. The Balaban J connectivity index is 1.62. The lowest BCUT2D eigenvalue weighted by Crippen LogP contribution is -2.53. The Morgan fingerprint density at radius 2 is 1.74 bits per heavy atom. The second kappa shape index (κ2) is 7.40. The van der Waals surface area contributed by atoms with Crippen LogP contribution in [0.5, 0.6) is 5.75 Å². The molecule has 0 amide bonds. The van der Waals surface area contributed by atoms with Crippen LogP contribution in [0.3, 0.4) is 0 Å². The number of hydrogen-bond acceptors (Lipinski definition) is 3. The van der Waals surface area contributed by atoms with E-state index in [0.29, 0.717) is 11.8 Å². The van der Waals surface area contributed by atoms with Crippen molar-refractivity contribution in [2.45, 2.75) is 77.9 Å². The lowest BCUT2D eigenvalue weighted by molar-refractivity contribution is -0.294. The van der Waals surface area contributed by atoms with Gasteiger partial charge in [0.2, 0.25) is 0 Å². The monoisotopic (exact) mass is 372 g/mol. The van der Waals surface area contributed by atoms with Crippen molar-refractivity contribution in [1.82, 2.24) is 0 Å². The Morgan fingerprint density at radius 1 is 0.963 bits per heavy atom. The lowest BCUT2D eigenvalue weighted by Gasteiger charge is -2.54. The number of aryl methyl sites for hydroxylation is 1. The minimum atomic E-state index is -0.370. The van der Waals surface area contributed by atoms with Crippen LogP contribution in [0.2, 0.25) is 0 Å². The molecule has 27 heavy (non-hydrogen) atoms. The fraction of sp³-hybridized carbons (Fsp3) is 0.750. The summed E-state index contributed by atoms with van der Waals surface area (Å²) in [6.45, 7) is 10.9. The van der Waals surface area contributed by atoms with Crippen molar-refractivity contribution in [3.05, 3.63) is 29.3 Å². The SMILES string of the molecule is CCOc1ccc2c(c1)CC[C@@H]1[C@@H]2CC[C@@]2(C)[C@H]1CCC2(OCC)OCC. The third kappa shape index (κ3) is 2.93. The van der Waals surface area contributed by atoms with Crippen LogP contribution in [-0.4, -0.2) is 25.6 Å². The lowest BCUT2D eigenvalue weighted by atomic mass is 9.55. The van der Waals surface area contributed by atoms with Crippen molar-refractivity contribution < 1.29 is 14.2 Å². The average molecular weight is 373 g/mol. The van der Waals surface area contributed by atoms with Crippen molar-refractivity contribution in [1.29, 1.82) is 0 Å². The molecule has 3 nitrogen and oxygen atoms in total. The van der Waals surface area contributed by atoms with Gasteiger partial charge in [-0.25, -0.2) is 0 Å². The summed E-state index contributed by atoms with van der Waals surface area (Å²) in [5.41, 5.74) is 3.25. The topological polar surface area (TPSA) is 27.7 Å². The van der Waals surface area contributed by atoms with E-state index in [2.05, 4.69) is 45.9 Å². The van der Waals surface area contributed by atoms with Gasteiger partial charge in [0, 0.05) is 25.0 Å². The van der Waals surface area contributed by atoms with E-state index < -0.39 is 0 Å². The first-order valence-electron chi connectivity index (χ1n) is 11.1. The molecule has 1 aromatic rings. The average Bonchev–Trinajstić information content (AvgIpc) is 2.95. The van der Waals surface area contributed by atoms with Crippen LogP contribution in [-0.2, 0) is 15.9 Å². The summed E-state index contributed by atoms with van der Waals surface area (Å²) in [6.07, 6.45) is 7.22. The minimum Gasteiger partial charge on any atom is -0.494 e. The molecule has 0 aromatic heterocycles. The van der Waals surface area contributed by atoms with Crippen LogP contribution >= 0.6 is 0 Å². The van der Waals surface area contributed by atoms with Crippen LogP contribution in [0, 0.1) is 17.3 Å². The van der Waals surface area contributed by atoms with E-state index >= 15 is 0 Å². The molecule has 0 unspecified atom stereocenters. The second-order valence-electron chi connectivity index (χ2n) is 8.82. The third-order valence-electron chi connectivity index (χ3n) is 7.81. The highest BCUT2D eigenvalue weighted by Crippen LogP contribution is 2.65. The van der Waals surface area contributed by atoms with E-state index in [4.69, 9.17) is 14.2 Å². The first-order chi connectivity index (χ1) is 13.1. The van der Waals surface area contributed by atoms with E-state index in [1.807, 2.05) is 0 Å². The number of hydrogen-bond donors (Lipinski definition) is 0. The summed E-state index contributed by atoms with van der Waals surface area (Å²) in [4.78, 5) is 0. The summed E-state index contributed by atoms with van der Waals surface area (Å²) >= 11 is 0. The first-order valence-corrected chi connectivity index (χ1v) is 11.1. The molecular weight excluding hydrogens is 336 g/mol. The first kappa shape index (κ1) is 19.3. The van der Waals surface area contributed by atoms with Crippen LogP contribution < -0.4 is 4.74 Å². The smallest absolute Gasteiger partial charge is 0.173 e. The highest BCUT2D eigenvalue weighted by atomic mass is 16.7. The standard InChI is InChI=1S/C24H36O3/c1-5-25-18-9-11-19-17(16-18)8-10-21-20(19)12-14-23(4)22(21)13-15-24(23,26-6-2)27-7-3/h9,11,16,20-22H,5-8,10,12-15H2,1-4H3/t20-,21-,22+,23+/m1/s1. The van der Waals surface area contributed by atoms with Gasteiger partial charge in [0.25, 0.3) is 0 Å². The predicted octanol–water partition coefficient (Wildman–Crippen LogP) is 5.71. The maximum absolute atomic E-state index is 6.36. The van der Waals surface area contributed by atoms with Gasteiger partial charge in [-0.1, -0.05) is 13.0 Å². The zero-order chi connectivity index (χ0) is 19.1. The molecule has 0 N–H and O–H groups in total. The fourth-order valence-electron chi connectivity index (χ4n) is 6.75. The molecule has 1 aromatic carbocycles. The normalized spacial score (nSPS) is 33.9. The summed E-state index contributed by atoms with van der Waals surface area (Å²) in [5, 5.41) is 0. The summed E-state index contributed by atoms with van der Waals surface area (Å²) in [5.74, 6) is 2.82. The molecule has 0 spiro atoms. The molecule has 3 aliphatic carbocycles. The molecule has 2 fully saturated rings. The van der Waals surface area contributed by atoms with E-state index in [-0.39, 0.29) is 11.2 Å². The maximum Gasteiger partial charge on any atom is 0.173 e. The Kier molecular flexibility index (Phi) is 5.28. The Bertz CT molecular complexity index is 664. The van der Waals surface area contributed by atoms with Gasteiger partial charge in [0.05, 0.1) is 6.61 Å². The quantitative estimate of drug-likeness (QED) is 0.599. The number of rotatable bonds is 6. The molecule has 2 saturated carbocycles. The van der Waals surface area contributed by atoms with Gasteiger partial charge in [-0.3, -0.25) is 0 Å². The number of ether oxygens (including phenoxy) is 3.